The Morgan fingerprint density at radius 1 is 1.60 bits per heavy atom. The molecule has 0 amide bonds. The zero-order chi connectivity index (χ0) is 6.97. The van der Waals surface area contributed by atoms with E-state index in [1.54, 1.807) is 12.3 Å². The van der Waals surface area contributed by atoms with Crippen LogP contribution >= 0.6 is 0 Å². The van der Waals surface area contributed by atoms with Crippen LogP contribution in [0.1, 0.15) is 0 Å². The van der Waals surface area contributed by atoms with E-state index >= 15 is 0 Å². The van der Waals surface area contributed by atoms with Crippen LogP contribution in [0.2, 0.25) is 0 Å². The van der Waals surface area contributed by atoms with Crippen molar-refractivity contribution in [2.75, 3.05) is 6.61 Å². The number of rotatable bonds is 0. The second-order valence-electron chi connectivity index (χ2n) is 2.16. The van der Waals surface area contributed by atoms with E-state index in [9.17, 15) is 4.79 Å². The molecule has 0 fully saturated rings. The molecule has 2 nitrogen and oxygen atoms in total. The van der Waals surface area contributed by atoms with Gasteiger partial charge in [0, 0.05) is 5.57 Å². The largest absolute Gasteiger partial charge is 0.496 e. The van der Waals surface area contributed by atoms with Gasteiger partial charge in [-0.1, -0.05) is 0 Å². The Balaban J connectivity index is 2.46. The van der Waals surface area contributed by atoms with E-state index in [0.29, 0.717) is 6.61 Å². The first-order valence-corrected chi connectivity index (χ1v) is 3.03. The zero-order valence-electron chi connectivity index (χ0n) is 5.26. The molecule has 2 rings (SSSR count). The lowest BCUT2D eigenvalue weighted by Crippen LogP contribution is -2.05. The molecule has 0 saturated heterocycles. The molecule has 1 aliphatic heterocycles. The minimum atomic E-state index is 0.0272. The second-order valence-corrected chi connectivity index (χ2v) is 2.16. The van der Waals surface area contributed by atoms with Crippen molar-refractivity contribution < 1.29 is 9.53 Å². The molecular formula is C8H5O2. The Morgan fingerprint density at radius 2 is 2.50 bits per heavy atom. The zero-order valence-corrected chi connectivity index (χ0v) is 5.26. The van der Waals surface area contributed by atoms with Crippen LogP contribution in [0, 0.1) is 6.08 Å². The molecule has 1 radical (unpaired) electrons. The van der Waals surface area contributed by atoms with Crippen LogP contribution in [-0.2, 0) is 9.53 Å². The van der Waals surface area contributed by atoms with Gasteiger partial charge in [-0.05, 0) is 23.8 Å². The van der Waals surface area contributed by atoms with Gasteiger partial charge in [-0.2, -0.15) is 0 Å². The van der Waals surface area contributed by atoms with Crippen LogP contribution < -0.4 is 0 Å². The van der Waals surface area contributed by atoms with Crippen LogP contribution in [0.25, 0.3) is 0 Å². The number of carbonyl (C=O) groups is 1. The number of ketones is 1. The molecule has 2 aliphatic rings. The minimum absolute atomic E-state index is 0.0272. The molecule has 0 aromatic heterocycles. The monoisotopic (exact) mass is 133 g/mol. The predicted molar refractivity (Wildman–Crippen MR) is 34.9 cm³/mol. The Hall–Kier alpha value is -1.31. The normalized spacial score (nSPS) is 21.4. The summed E-state index contributed by atoms with van der Waals surface area (Å²) in [5.41, 5.74) is 1.60. The highest BCUT2D eigenvalue weighted by Crippen LogP contribution is 2.19. The van der Waals surface area contributed by atoms with Crippen LogP contribution in [0.15, 0.2) is 29.6 Å². The fourth-order valence-corrected chi connectivity index (χ4v) is 0.995. The summed E-state index contributed by atoms with van der Waals surface area (Å²) in [4.78, 5) is 10.9. The van der Waals surface area contributed by atoms with E-state index in [1.807, 2.05) is 0 Å². The molecule has 0 unspecified atom stereocenters. The molecule has 0 aromatic rings. The lowest BCUT2D eigenvalue weighted by molar-refractivity contribution is -0.111. The standard InChI is InChI=1S/C8H5O2/c9-8-2-1-6-3-4-10-5-7(6)8/h2-4H,5H2. The fourth-order valence-electron chi connectivity index (χ4n) is 0.995. The molecule has 0 spiro atoms. The summed E-state index contributed by atoms with van der Waals surface area (Å²) in [5, 5.41) is 0. The summed E-state index contributed by atoms with van der Waals surface area (Å²) in [7, 11) is 0. The van der Waals surface area contributed by atoms with E-state index in [2.05, 4.69) is 6.08 Å². The van der Waals surface area contributed by atoms with Gasteiger partial charge in [-0.15, -0.1) is 0 Å². The fraction of sp³-hybridized carbons (Fsp3) is 0.125. The van der Waals surface area contributed by atoms with Crippen molar-refractivity contribution in [1.29, 1.82) is 0 Å². The lowest BCUT2D eigenvalue weighted by atomic mass is 10.1. The summed E-state index contributed by atoms with van der Waals surface area (Å²) >= 11 is 0. The summed E-state index contributed by atoms with van der Waals surface area (Å²) in [6, 6.07) is 0. The smallest absolute Gasteiger partial charge is 0.186 e. The number of allylic oxidation sites excluding steroid dienone is 4. The maximum absolute atomic E-state index is 10.9. The number of hydrogen-bond acceptors (Lipinski definition) is 2. The predicted octanol–water partition coefficient (Wildman–Crippen LogP) is 0.769. The quantitative estimate of drug-likeness (QED) is 0.488. The first-order chi connectivity index (χ1) is 4.88. The minimum Gasteiger partial charge on any atom is -0.496 e. The van der Waals surface area contributed by atoms with Gasteiger partial charge in [0.2, 0.25) is 0 Å². The average molecular weight is 133 g/mol. The molecular weight excluding hydrogens is 128 g/mol. The molecule has 0 atom stereocenters. The van der Waals surface area contributed by atoms with Gasteiger partial charge in [0.25, 0.3) is 0 Å². The van der Waals surface area contributed by atoms with E-state index < -0.39 is 0 Å². The van der Waals surface area contributed by atoms with Gasteiger partial charge >= 0.3 is 0 Å². The van der Waals surface area contributed by atoms with Gasteiger partial charge in [-0.25, -0.2) is 0 Å². The Labute approximate surface area is 58.5 Å². The first-order valence-electron chi connectivity index (χ1n) is 3.03. The van der Waals surface area contributed by atoms with Gasteiger partial charge in [0.15, 0.2) is 5.78 Å². The topological polar surface area (TPSA) is 26.3 Å². The van der Waals surface area contributed by atoms with Crippen molar-refractivity contribution in [2.24, 2.45) is 0 Å². The molecule has 10 heavy (non-hydrogen) atoms. The first kappa shape index (κ1) is 5.47. The van der Waals surface area contributed by atoms with Crippen LogP contribution in [0.5, 0.6) is 0 Å². The van der Waals surface area contributed by atoms with Crippen molar-refractivity contribution in [1.82, 2.24) is 0 Å². The van der Waals surface area contributed by atoms with Crippen molar-refractivity contribution in [2.45, 2.75) is 0 Å². The summed E-state index contributed by atoms with van der Waals surface area (Å²) in [5.74, 6) is 0.0272. The molecule has 0 aromatic carbocycles. The van der Waals surface area contributed by atoms with Crippen molar-refractivity contribution in [3.8, 4) is 0 Å². The van der Waals surface area contributed by atoms with Crippen LogP contribution in [0.3, 0.4) is 0 Å². The second kappa shape index (κ2) is 1.84. The highest BCUT2D eigenvalue weighted by Gasteiger charge is 2.18. The van der Waals surface area contributed by atoms with E-state index in [4.69, 9.17) is 4.74 Å². The van der Waals surface area contributed by atoms with Crippen molar-refractivity contribution in [3.05, 3.63) is 35.6 Å². The Bertz CT molecular complexity index is 269. The van der Waals surface area contributed by atoms with Gasteiger partial charge in [0.05, 0.1) is 6.26 Å². The summed E-state index contributed by atoms with van der Waals surface area (Å²) < 4.78 is 4.93. The number of carbonyl (C=O) groups excluding carboxylic acids is 1. The SMILES string of the molecule is O=C1C=[C]C2=C1COC=C2. The number of hydrogen-bond donors (Lipinski definition) is 0. The maximum atomic E-state index is 10.9. The van der Waals surface area contributed by atoms with Crippen molar-refractivity contribution >= 4 is 5.78 Å². The van der Waals surface area contributed by atoms with E-state index in [-0.39, 0.29) is 5.78 Å². The molecule has 49 valence electrons. The maximum Gasteiger partial charge on any atom is 0.186 e. The molecule has 1 aliphatic carbocycles. The highest BCUT2D eigenvalue weighted by molar-refractivity contribution is 6.08. The summed E-state index contributed by atoms with van der Waals surface area (Å²) in [6.07, 6.45) is 7.63. The lowest BCUT2D eigenvalue weighted by Gasteiger charge is -2.06. The van der Waals surface area contributed by atoms with Gasteiger partial charge in [-0.3, -0.25) is 4.79 Å². The van der Waals surface area contributed by atoms with Gasteiger partial charge < -0.3 is 4.74 Å². The third-order valence-electron chi connectivity index (χ3n) is 1.54. The molecule has 0 bridgehead atoms. The van der Waals surface area contributed by atoms with Crippen molar-refractivity contribution in [3.63, 3.8) is 0 Å². The third kappa shape index (κ3) is 0.620. The van der Waals surface area contributed by atoms with Gasteiger partial charge in [0.1, 0.15) is 6.61 Å². The van der Waals surface area contributed by atoms with Crippen LogP contribution in [0.4, 0.5) is 0 Å². The average Bonchev–Trinajstić information content (AvgIpc) is 2.34. The Morgan fingerprint density at radius 3 is 3.30 bits per heavy atom. The molecule has 2 heteroatoms. The molecule has 1 heterocycles. The highest BCUT2D eigenvalue weighted by atomic mass is 16.5. The van der Waals surface area contributed by atoms with E-state index in [1.165, 1.54) is 6.08 Å². The summed E-state index contributed by atoms with van der Waals surface area (Å²) in [6.45, 7) is 0.397. The molecule has 0 saturated carbocycles. The van der Waals surface area contributed by atoms with E-state index in [0.717, 1.165) is 11.1 Å². The molecule has 0 N–H and O–H groups in total. The van der Waals surface area contributed by atoms with Crippen LogP contribution in [-0.4, -0.2) is 12.4 Å². The number of ether oxygens (including phenoxy) is 1. The third-order valence-corrected chi connectivity index (χ3v) is 1.54. The Kier molecular flexibility index (Phi) is 1.01.